The van der Waals surface area contributed by atoms with Crippen LogP contribution in [0, 0.1) is 0 Å². The quantitative estimate of drug-likeness (QED) is 0.0207. The standard InChI is InChI=1S/C44H69N13O9/c1-26(52-39(62)31(47)25-37(48)60)38(61)54-34(15-10-22-51-44(49)50)40(63)55-33(14-7-9-21-46)41(64)56-35(23-28-11-4-3-5-12-28)43(66)57-36(24-29-16-18-30(59)19-17-29)42(65)53-32(27(2)58)13-6-8-20-45/h3-5,11-12,16-19,26,31-36,59H,6-10,13-15,20-25,45-47H2,1-2H3,(H2,48,60)(H,52,62)(H,53,65)(H,54,61)(H,55,63)(H,56,64)(H,57,66)(H4,49,50,51)/t26-,31-,32-,33-,34-,35-,36-/m0/s1. The minimum absolute atomic E-state index is 0.0132. The third kappa shape index (κ3) is 21.4. The van der Waals surface area contributed by atoms with Gasteiger partial charge in [-0.3, -0.25) is 43.3 Å². The SMILES string of the molecule is CC(=O)[C@H](CCCCN)NC(=O)[C@H](Cc1ccc(O)cc1)NC(=O)[C@H](Cc1ccccc1)NC(=O)[C@H](CCCCN)NC(=O)[C@H](CCCN=C(N)N)NC(=O)[C@H](C)NC(=O)[C@@H](N)CC(N)=O. The molecule has 0 saturated heterocycles. The second-order valence-electron chi connectivity index (χ2n) is 16.0. The summed E-state index contributed by atoms with van der Waals surface area (Å²) in [4.78, 5) is 110. The number of rotatable bonds is 31. The van der Waals surface area contributed by atoms with Crippen molar-refractivity contribution in [3.8, 4) is 5.75 Å². The molecule has 22 heteroatoms. The summed E-state index contributed by atoms with van der Waals surface area (Å²) >= 11 is 0. The Morgan fingerprint density at radius 3 is 1.48 bits per heavy atom. The monoisotopic (exact) mass is 924 g/mol. The van der Waals surface area contributed by atoms with Crippen LogP contribution in [0.2, 0.25) is 0 Å². The van der Waals surface area contributed by atoms with Gasteiger partial charge in [0.2, 0.25) is 41.4 Å². The Kier molecular flexibility index (Phi) is 25.0. The van der Waals surface area contributed by atoms with Gasteiger partial charge in [0.15, 0.2) is 11.7 Å². The molecule has 0 bridgehead atoms. The lowest BCUT2D eigenvalue weighted by Crippen LogP contribution is -2.60. The molecule has 364 valence electrons. The van der Waals surface area contributed by atoms with Crippen LogP contribution in [0.1, 0.15) is 82.8 Å². The number of hydrogen-bond acceptors (Lipinski definition) is 13. The number of aromatic hydroxyl groups is 1. The molecule has 0 aliphatic rings. The van der Waals surface area contributed by atoms with Crippen molar-refractivity contribution < 1.29 is 43.5 Å². The molecule has 2 aromatic carbocycles. The van der Waals surface area contributed by atoms with Gasteiger partial charge in [-0.1, -0.05) is 42.5 Å². The number of nitrogens with zero attached hydrogens (tertiary/aromatic N) is 1. The minimum atomic E-state index is -1.32. The maximum Gasteiger partial charge on any atom is 0.243 e. The van der Waals surface area contributed by atoms with Crippen molar-refractivity contribution in [2.24, 2.45) is 39.4 Å². The molecule has 0 spiro atoms. The van der Waals surface area contributed by atoms with Gasteiger partial charge in [-0.15, -0.1) is 0 Å². The predicted octanol–water partition coefficient (Wildman–Crippen LogP) is -2.79. The van der Waals surface area contributed by atoms with Crippen molar-refractivity contribution in [2.45, 2.75) is 127 Å². The summed E-state index contributed by atoms with van der Waals surface area (Å²) in [7, 11) is 0. The van der Waals surface area contributed by atoms with Crippen LogP contribution in [0.3, 0.4) is 0 Å². The lowest BCUT2D eigenvalue weighted by molar-refractivity contribution is -0.135. The molecule has 66 heavy (non-hydrogen) atoms. The minimum Gasteiger partial charge on any atom is -0.508 e. The molecule has 0 unspecified atom stereocenters. The van der Waals surface area contributed by atoms with E-state index in [9.17, 15) is 43.5 Å². The molecule has 7 atom stereocenters. The van der Waals surface area contributed by atoms with Gasteiger partial charge in [-0.2, -0.15) is 0 Å². The Morgan fingerprint density at radius 2 is 1.00 bits per heavy atom. The summed E-state index contributed by atoms with van der Waals surface area (Å²) in [6.07, 6.45) is 2.06. The zero-order valence-corrected chi connectivity index (χ0v) is 37.8. The van der Waals surface area contributed by atoms with Crippen molar-refractivity contribution >= 4 is 53.1 Å². The van der Waals surface area contributed by atoms with Crippen LogP contribution in [-0.4, -0.2) is 120 Å². The molecule has 0 fully saturated rings. The molecule has 0 heterocycles. The van der Waals surface area contributed by atoms with E-state index in [2.05, 4.69) is 36.9 Å². The normalized spacial score (nSPS) is 14.1. The molecule has 2 aromatic rings. The highest BCUT2D eigenvalue weighted by Gasteiger charge is 2.33. The summed E-state index contributed by atoms with van der Waals surface area (Å²) in [5.41, 5.74) is 34.4. The number of Topliss-reactive ketones (excluding diaryl/α,β-unsaturated/α-hetero) is 1. The number of carbonyl (C=O) groups excluding carboxylic acids is 8. The van der Waals surface area contributed by atoms with Gasteiger partial charge >= 0.3 is 0 Å². The van der Waals surface area contributed by atoms with Gasteiger partial charge in [-0.05, 0) is 102 Å². The molecule has 0 aliphatic carbocycles. The Morgan fingerprint density at radius 1 is 0.561 bits per heavy atom. The van der Waals surface area contributed by atoms with E-state index in [1.165, 1.54) is 26.0 Å². The zero-order chi connectivity index (χ0) is 49.2. The average Bonchev–Trinajstić information content (AvgIpc) is 3.26. The lowest BCUT2D eigenvalue weighted by atomic mass is 10.0. The number of carbonyl (C=O) groups is 8. The van der Waals surface area contributed by atoms with Crippen LogP contribution in [0.25, 0.3) is 0 Å². The number of benzene rings is 2. The smallest absolute Gasteiger partial charge is 0.243 e. The number of primary amides is 1. The van der Waals surface area contributed by atoms with Crippen LogP contribution in [0.15, 0.2) is 59.6 Å². The van der Waals surface area contributed by atoms with Gasteiger partial charge in [0.25, 0.3) is 0 Å². The van der Waals surface area contributed by atoms with E-state index in [0.717, 1.165) is 0 Å². The van der Waals surface area contributed by atoms with E-state index in [-0.39, 0.29) is 62.7 Å². The number of amides is 7. The summed E-state index contributed by atoms with van der Waals surface area (Å²) in [6, 6.07) is 6.28. The average molecular weight is 924 g/mol. The Bertz CT molecular complexity index is 1930. The van der Waals surface area contributed by atoms with Crippen LogP contribution in [0.4, 0.5) is 0 Å². The number of ketones is 1. The van der Waals surface area contributed by atoms with E-state index >= 15 is 0 Å². The number of hydrogen-bond donors (Lipinski definition) is 13. The van der Waals surface area contributed by atoms with Crippen LogP contribution < -0.4 is 66.3 Å². The van der Waals surface area contributed by atoms with Crippen LogP contribution in [-0.2, 0) is 51.2 Å². The molecular formula is C44H69N13O9. The summed E-state index contributed by atoms with van der Waals surface area (Å²) in [6.45, 7) is 3.45. The van der Waals surface area contributed by atoms with E-state index in [1.807, 2.05) is 0 Å². The fourth-order valence-corrected chi connectivity index (χ4v) is 6.62. The number of unbranched alkanes of at least 4 members (excludes halogenated alkanes) is 2. The van der Waals surface area contributed by atoms with Crippen molar-refractivity contribution in [1.82, 2.24) is 31.9 Å². The number of phenolic OH excluding ortho intramolecular Hbond substituents is 1. The van der Waals surface area contributed by atoms with E-state index in [0.29, 0.717) is 49.8 Å². The first kappa shape index (κ1) is 55.5. The maximum atomic E-state index is 14.4. The second kappa shape index (κ2) is 29.7. The van der Waals surface area contributed by atoms with Crippen LogP contribution in [0.5, 0.6) is 5.75 Å². The van der Waals surface area contributed by atoms with E-state index in [1.54, 1.807) is 42.5 Å². The third-order valence-corrected chi connectivity index (χ3v) is 10.3. The summed E-state index contributed by atoms with van der Waals surface area (Å²) < 4.78 is 0. The number of nitrogens with one attached hydrogen (secondary N) is 6. The first-order chi connectivity index (χ1) is 31.3. The highest BCUT2D eigenvalue weighted by molar-refractivity contribution is 5.97. The molecule has 0 aromatic heterocycles. The Hall–Kier alpha value is -6.65. The highest BCUT2D eigenvalue weighted by atomic mass is 16.3. The Labute approximate surface area is 384 Å². The second-order valence-corrected chi connectivity index (χ2v) is 16.0. The van der Waals surface area contributed by atoms with Gasteiger partial charge in [0.1, 0.15) is 36.0 Å². The van der Waals surface area contributed by atoms with Crippen molar-refractivity contribution in [3.05, 3.63) is 65.7 Å². The molecule has 22 nitrogen and oxygen atoms in total. The number of guanidine groups is 1. The third-order valence-electron chi connectivity index (χ3n) is 10.3. The maximum absolute atomic E-state index is 14.4. The lowest BCUT2D eigenvalue weighted by Gasteiger charge is -2.28. The fourth-order valence-electron chi connectivity index (χ4n) is 6.62. The molecule has 2 rings (SSSR count). The number of aliphatic imine (C=N–C) groups is 1. The molecular weight excluding hydrogens is 855 g/mol. The van der Waals surface area contributed by atoms with Gasteiger partial charge in [0.05, 0.1) is 18.5 Å². The highest BCUT2D eigenvalue weighted by Crippen LogP contribution is 2.14. The fraction of sp³-hybridized carbons (Fsp3) is 0.523. The summed E-state index contributed by atoms with van der Waals surface area (Å²) in [5, 5.41) is 25.8. The molecule has 0 radical (unpaired) electrons. The number of nitrogens with two attached hydrogens (primary N) is 6. The van der Waals surface area contributed by atoms with Gasteiger partial charge in [-0.25, -0.2) is 0 Å². The topological polar surface area (TPSA) is 397 Å². The van der Waals surface area contributed by atoms with Gasteiger partial charge < -0.3 is 71.4 Å². The van der Waals surface area contributed by atoms with Gasteiger partial charge in [0, 0.05) is 19.4 Å². The van der Waals surface area contributed by atoms with E-state index < -0.39 is 90.1 Å². The molecule has 0 saturated carbocycles. The van der Waals surface area contributed by atoms with Crippen molar-refractivity contribution in [1.29, 1.82) is 0 Å². The predicted molar refractivity (Wildman–Crippen MR) is 247 cm³/mol. The van der Waals surface area contributed by atoms with E-state index in [4.69, 9.17) is 34.4 Å². The first-order valence-electron chi connectivity index (χ1n) is 22.0. The number of phenols is 1. The summed E-state index contributed by atoms with van der Waals surface area (Å²) in [5.74, 6) is -5.90. The zero-order valence-electron chi connectivity index (χ0n) is 37.8. The largest absolute Gasteiger partial charge is 0.508 e. The molecule has 7 amide bonds. The first-order valence-corrected chi connectivity index (χ1v) is 22.0. The van der Waals surface area contributed by atoms with Crippen LogP contribution >= 0.6 is 0 Å². The Balaban J connectivity index is 2.47. The van der Waals surface area contributed by atoms with Crippen molar-refractivity contribution in [3.63, 3.8) is 0 Å². The molecule has 0 aliphatic heterocycles. The molecule has 19 N–H and O–H groups in total. The van der Waals surface area contributed by atoms with Crippen molar-refractivity contribution in [2.75, 3.05) is 19.6 Å².